The summed E-state index contributed by atoms with van der Waals surface area (Å²) in [5.41, 5.74) is 0.632. The van der Waals surface area contributed by atoms with Gasteiger partial charge in [-0.05, 0) is 19.1 Å². The van der Waals surface area contributed by atoms with Crippen LogP contribution in [-0.2, 0) is 4.79 Å². The van der Waals surface area contributed by atoms with Crippen LogP contribution in [0.5, 0.6) is 0 Å². The Labute approximate surface area is 75.3 Å². The largest absolute Gasteiger partial charge is 0.478 e. The summed E-state index contributed by atoms with van der Waals surface area (Å²) in [6.07, 6.45) is 0. The highest BCUT2D eigenvalue weighted by atomic mass is 19.1. The lowest BCUT2D eigenvalue weighted by molar-refractivity contribution is -0.130. The van der Waals surface area contributed by atoms with Gasteiger partial charge in [-0.15, -0.1) is 0 Å². The molecule has 0 heterocycles. The molecule has 68 valence electrons. The predicted octanol–water partition coefficient (Wildman–Crippen LogP) is 2.23. The number of carboxylic acids is 1. The van der Waals surface area contributed by atoms with E-state index in [1.54, 1.807) is 13.0 Å². The van der Waals surface area contributed by atoms with Crippen LogP contribution < -0.4 is 0 Å². The van der Waals surface area contributed by atoms with E-state index in [0.29, 0.717) is 0 Å². The first kappa shape index (κ1) is 9.45. The van der Waals surface area contributed by atoms with E-state index in [9.17, 15) is 9.18 Å². The quantitative estimate of drug-likeness (QED) is 0.708. The summed E-state index contributed by atoms with van der Waals surface area (Å²) < 4.78 is 13.1. The van der Waals surface area contributed by atoms with Crippen molar-refractivity contribution in [1.82, 2.24) is 0 Å². The number of rotatable bonds is 2. The summed E-state index contributed by atoms with van der Waals surface area (Å²) >= 11 is 0. The molecule has 0 atom stereocenters. The van der Waals surface area contributed by atoms with Crippen LogP contribution in [0.3, 0.4) is 0 Å². The molecule has 0 spiro atoms. The van der Waals surface area contributed by atoms with Crippen LogP contribution in [0.15, 0.2) is 24.8 Å². The number of hydrogen-bond donors (Lipinski definition) is 1. The van der Waals surface area contributed by atoms with Crippen LogP contribution in [0.1, 0.15) is 11.1 Å². The maximum absolute atomic E-state index is 13.1. The van der Waals surface area contributed by atoms with E-state index in [1.165, 1.54) is 12.1 Å². The van der Waals surface area contributed by atoms with Crippen molar-refractivity contribution in [3.05, 3.63) is 41.7 Å². The van der Waals surface area contributed by atoms with Crippen molar-refractivity contribution in [2.75, 3.05) is 0 Å². The van der Waals surface area contributed by atoms with Crippen LogP contribution >= 0.6 is 0 Å². The average Bonchev–Trinajstić information content (AvgIpc) is 2.08. The van der Waals surface area contributed by atoms with E-state index >= 15 is 0 Å². The maximum atomic E-state index is 13.1. The minimum Gasteiger partial charge on any atom is -0.478 e. The first-order valence-corrected chi connectivity index (χ1v) is 3.71. The van der Waals surface area contributed by atoms with E-state index < -0.39 is 11.8 Å². The van der Waals surface area contributed by atoms with Gasteiger partial charge in [-0.3, -0.25) is 0 Å². The molecule has 13 heavy (non-hydrogen) atoms. The third-order valence-corrected chi connectivity index (χ3v) is 1.71. The molecule has 2 nitrogen and oxygen atoms in total. The van der Waals surface area contributed by atoms with Gasteiger partial charge in [0, 0.05) is 5.56 Å². The molecule has 0 radical (unpaired) electrons. The molecule has 1 rings (SSSR count). The highest BCUT2D eigenvalue weighted by molar-refractivity contribution is 6.14. The number of carbonyl (C=O) groups is 1. The van der Waals surface area contributed by atoms with E-state index in [2.05, 4.69) is 6.58 Å². The predicted molar refractivity (Wildman–Crippen MR) is 47.8 cm³/mol. The SMILES string of the molecule is C=C(C(=O)O)c1cc(C)ccc1F. The van der Waals surface area contributed by atoms with Crippen LogP contribution in [0, 0.1) is 12.7 Å². The molecule has 0 aliphatic carbocycles. The zero-order valence-corrected chi connectivity index (χ0v) is 7.17. The number of carboxylic acid groups (broad SMARTS) is 1. The fraction of sp³-hybridized carbons (Fsp3) is 0.100. The lowest BCUT2D eigenvalue weighted by atomic mass is 10.0. The first-order valence-electron chi connectivity index (χ1n) is 3.71. The van der Waals surface area contributed by atoms with Gasteiger partial charge in [0.25, 0.3) is 0 Å². The van der Waals surface area contributed by atoms with Gasteiger partial charge in [0.15, 0.2) is 0 Å². The molecular weight excluding hydrogens is 171 g/mol. The Kier molecular flexibility index (Phi) is 2.46. The highest BCUT2D eigenvalue weighted by Crippen LogP contribution is 2.18. The number of aryl methyl sites for hydroxylation is 1. The third kappa shape index (κ3) is 1.93. The Bertz CT molecular complexity index is 369. The maximum Gasteiger partial charge on any atom is 0.335 e. The second-order valence-corrected chi connectivity index (χ2v) is 2.77. The molecular formula is C10H9FO2. The van der Waals surface area contributed by atoms with Crippen molar-refractivity contribution in [3.8, 4) is 0 Å². The average molecular weight is 180 g/mol. The summed E-state index contributed by atoms with van der Waals surface area (Å²) in [6.45, 7) is 5.05. The van der Waals surface area contributed by atoms with Crippen LogP contribution in [0.4, 0.5) is 4.39 Å². The monoisotopic (exact) mass is 180 g/mol. The molecule has 1 aromatic rings. The van der Waals surface area contributed by atoms with Crippen molar-refractivity contribution in [2.24, 2.45) is 0 Å². The molecule has 0 unspecified atom stereocenters. The van der Waals surface area contributed by atoms with Crippen LogP contribution in [0.2, 0.25) is 0 Å². The normalized spacial score (nSPS) is 9.69. The lowest BCUT2D eigenvalue weighted by Gasteiger charge is -2.03. The van der Waals surface area contributed by atoms with Gasteiger partial charge in [-0.2, -0.15) is 0 Å². The fourth-order valence-corrected chi connectivity index (χ4v) is 0.986. The van der Waals surface area contributed by atoms with Gasteiger partial charge in [0.1, 0.15) is 5.82 Å². The van der Waals surface area contributed by atoms with E-state index in [0.717, 1.165) is 5.56 Å². The number of halogens is 1. The second-order valence-electron chi connectivity index (χ2n) is 2.77. The molecule has 0 bridgehead atoms. The van der Waals surface area contributed by atoms with Gasteiger partial charge in [0.05, 0.1) is 5.57 Å². The van der Waals surface area contributed by atoms with E-state index in [1.807, 2.05) is 0 Å². The van der Waals surface area contributed by atoms with Crippen molar-refractivity contribution in [2.45, 2.75) is 6.92 Å². The van der Waals surface area contributed by atoms with E-state index in [4.69, 9.17) is 5.11 Å². The summed E-state index contributed by atoms with van der Waals surface area (Å²) in [6, 6.07) is 4.28. The van der Waals surface area contributed by atoms with Crippen molar-refractivity contribution in [1.29, 1.82) is 0 Å². The first-order chi connectivity index (χ1) is 6.02. The van der Waals surface area contributed by atoms with Crippen molar-refractivity contribution >= 4 is 11.5 Å². The molecule has 3 heteroatoms. The zero-order valence-electron chi connectivity index (χ0n) is 7.17. The number of benzene rings is 1. The standard InChI is InChI=1S/C10H9FO2/c1-6-3-4-9(11)8(5-6)7(2)10(12)13/h3-5H,2H2,1H3,(H,12,13). The molecule has 0 amide bonds. The zero-order chi connectivity index (χ0) is 10.0. The van der Waals surface area contributed by atoms with Crippen molar-refractivity contribution in [3.63, 3.8) is 0 Å². The molecule has 0 fully saturated rings. The van der Waals surface area contributed by atoms with Crippen molar-refractivity contribution < 1.29 is 14.3 Å². The van der Waals surface area contributed by atoms with Gasteiger partial charge >= 0.3 is 5.97 Å². The molecule has 1 N–H and O–H groups in total. The van der Waals surface area contributed by atoms with Gasteiger partial charge in [-0.1, -0.05) is 18.2 Å². The smallest absolute Gasteiger partial charge is 0.335 e. The minimum atomic E-state index is -1.20. The Morgan fingerprint density at radius 2 is 2.15 bits per heavy atom. The van der Waals surface area contributed by atoms with Gasteiger partial charge in [-0.25, -0.2) is 9.18 Å². The summed E-state index contributed by atoms with van der Waals surface area (Å²) in [4.78, 5) is 10.5. The molecule has 0 aromatic heterocycles. The second kappa shape index (κ2) is 3.39. The summed E-state index contributed by atoms with van der Waals surface area (Å²) in [5, 5.41) is 8.58. The molecule has 0 saturated heterocycles. The van der Waals surface area contributed by atoms with Crippen LogP contribution in [-0.4, -0.2) is 11.1 Å². The molecule has 0 aliphatic rings. The molecule has 1 aromatic carbocycles. The van der Waals surface area contributed by atoms with Gasteiger partial charge in [0.2, 0.25) is 0 Å². The van der Waals surface area contributed by atoms with Gasteiger partial charge < -0.3 is 5.11 Å². The van der Waals surface area contributed by atoms with E-state index in [-0.39, 0.29) is 11.1 Å². The molecule has 0 saturated carbocycles. The topological polar surface area (TPSA) is 37.3 Å². The highest BCUT2D eigenvalue weighted by Gasteiger charge is 2.11. The lowest BCUT2D eigenvalue weighted by Crippen LogP contribution is -2.00. The number of aliphatic carboxylic acids is 1. The Hall–Kier alpha value is -1.64. The summed E-state index contributed by atoms with van der Waals surface area (Å²) in [5.74, 6) is -1.76. The Morgan fingerprint density at radius 3 is 2.69 bits per heavy atom. The third-order valence-electron chi connectivity index (χ3n) is 1.71. The number of hydrogen-bond acceptors (Lipinski definition) is 1. The minimum absolute atomic E-state index is 0.0486. The summed E-state index contributed by atoms with van der Waals surface area (Å²) in [7, 11) is 0. The molecule has 0 aliphatic heterocycles. The Balaban J connectivity index is 3.21. The fourth-order valence-electron chi connectivity index (χ4n) is 0.986. The van der Waals surface area contributed by atoms with Crippen LogP contribution in [0.25, 0.3) is 5.57 Å². The Morgan fingerprint density at radius 1 is 1.54 bits per heavy atom.